The molecular formula is C17H15Cl2N2O2+. The lowest BCUT2D eigenvalue weighted by molar-refractivity contribution is -0.136. The van der Waals surface area contributed by atoms with Crippen molar-refractivity contribution >= 4 is 40.5 Å². The predicted molar refractivity (Wildman–Crippen MR) is 93.2 cm³/mol. The van der Waals surface area contributed by atoms with Crippen LogP contribution in [0, 0.1) is 0 Å². The van der Waals surface area contributed by atoms with Crippen molar-refractivity contribution in [1.29, 1.82) is 0 Å². The van der Waals surface area contributed by atoms with Gasteiger partial charge in [0.15, 0.2) is 0 Å². The molecule has 2 aromatic rings. The van der Waals surface area contributed by atoms with Crippen LogP contribution in [0.4, 0.5) is 5.69 Å². The second-order valence-electron chi connectivity index (χ2n) is 5.78. The van der Waals surface area contributed by atoms with E-state index in [1.165, 1.54) is 0 Å². The van der Waals surface area contributed by atoms with Crippen molar-refractivity contribution in [3.8, 4) is 0 Å². The second-order valence-corrected chi connectivity index (χ2v) is 6.63. The highest BCUT2D eigenvalue weighted by Gasteiger charge is 2.41. The van der Waals surface area contributed by atoms with Crippen LogP contribution in [0.3, 0.4) is 0 Å². The summed E-state index contributed by atoms with van der Waals surface area (Å²) >= 11 is 12.4. The van der Waals surface area contributed by atoms with E-state index >= 15 is 0 Å². The summed E-state index contributed by atoms with van der Waals surface area (Å²) < 4.78 is -0.134. The molecule has 3 rings (SSSR count). The third-order valence-corrected chi connectivity index (χ3v) is 4.53. The summed E-state index contributed by atoms with van der Waals surface area (Å²) in [6.07, 6.45) is -1.47. The van der Waals surface area contributed by atoms with Crippen molar-refractivity contribution in [2.24, 2.45) is 4.99 Å². The predicted octanol–water partition coefficient (Wildman–Crippen LogP) is 3.26. The number of quaternary nitrogens is 1. The van der Waals surface area contributed by atoms with Gasteiger partial charge in [-0.15, -0.1) is 0 Å². The number of fused-ring (bicyclic) bond motifs is 1. The minimum atomic E-state index is -1.47. The van der Waals surface area contributed by atoms with Gasteiger partial charge in [0.25, 0.3) is 6.23 Å². The number of nitrogens with zero attached hydrogens (tertiary/aromatic N) is 2. The van der Waals surface area contributed by atoms with E-state index in [0.717, 1.165) is 0 Å². The number of rotatable bonds is 1. The van der Waals surface area contributed by atoms with E-state index in [9.17, 15) is 9.90 Å². The molecule has 1 unspecified atom stereocenters. The molecule has 4 nitrogen and oxygen atoms in total. The van der Waals surface area contributed by atoms with Crippen LogP contribution in [0.1, 0.15) is 11.1 Å². The van der Waals surface area contributed by atoms with Gasteiger partial charge in [-0.05, 0) is 18.2 Å². The van der Waals surface area contributed by atoms with Gasteiger partial charge in [-0.2, -0.15) is 0 Å². The zero-order valence-electron chi connectivity index (χ0n) is 12.6. The summed E-state index contributed by atoms with van der Waals surface area (Å²) in [6.45, 7) is 0. The maximum Gasteiger partial charge on any atom is 0.369 e. The first kappa shape index (κ1) is 16.1. The normalized spacial score (nSPS) is 19.8. The largest absolute Gasteiger partial charge is 0.369 e. The SMILES string of the molecule is C[N+]1(C)C(=O)C(O)N=C(c2ccccc2Cl)c2cc(Cl)ccc21. The number of carbonyl (C=O) groups excluding carboxylic acids is 1. The van der Waals surface area contributed by atoms with Crippen LogP contribution in [-0.2, 0) is 4.79 Å². The molecule has 0 saturated heterocycles. The lowest BCUT2D eigenvalue weighted by Crippen LogP contribution is -2.51. The maximum absolute atomic E-state index is 12.5. The van der Waals surface area contributed by atoms with Crippen molar-refractivity contribution in [1.82, 2.24) is 4.48 Å². The Morgan fingerprint density at radius 1 is 1.09 bits per heavy atom. The van der Waals surface area contributed by atoms with E-state index in [2.05, 4.69) is 4.99 Å². The van der Waals surface area contributed by atoms with Crippen LogP contribution in [0.25, 0.3) is 0 Å². The Morgan fingerprint density at radius 3 is 2.48 bits per heavy atom. The fourth-order valence-electron chi connectivity index (χ4n) is 2.71. The number of benzodiazepines with no additional fused rings is 1. The molecular weight excluding hydrogens is 335 g/mol. The van der Waals surface area contributed by atoms with Gasteiger partial charge in [0.05, 0.1) is 25.4 Å². The zero-order chi connectivity index (χ0) is 16.8. The Bertz CT molecular complexity index is 831. The number of likely N-dealkylation sites (N-methyl/N-ethyl adjacent to an activating group) is 1. The van der Waals surface area contributed by atoms with Crippen molar-refractivity contribution < 1.29 is 9.90 Å². The highest BCUT2D eigenvalue weighted by Crippen LogP contribution is 2.34. The third-order valence-electron chi connectivity index (χ3n) is 3.97. The smallest absolute Gasteiger partial charge is 0.361 e. The van der Waals surface area contributed by atoms with Gasteiger partial charge < -0.3 is 5.11 Å². The summed E-state index contributed by atoms with van der Waals surface area (Å²) in [5.74, 6) is -0.421. The first-order chi connectivity index (χ1) is 10.8. The fourth-order valence-corrected chi connectivity index (χ4v) is 3.11. The van der Waals surface area contributed by atoms with Gasteiger partial charge in [-0.1, -0.05) is 41.4 Å². The standard InChI is InChI=1S/C17H15Cl2N2O2/c1-21(2)14-8-7-10(18)9-12(14)15(20-16(22)17(21)23)11-5-3-4-6-13(11)19/h3-9,16,22H,1-2H3/q+1. The van der Waals surface area contributed by atoms with Crippen LogP contribution in [0.5, 0.6) is 0 Å². The minimum absolute atomic E-state index is 0.134. The molecule has 0 spiro atoms. The van der Waals surface area contributed by atoms with Gasteiger partial charge in [0.2, 0.25) is 0 Å². The van der Waals surface area contributed by atoms with Crippen LogP contribution < -0.4 is 4.48 Å². The molecule has 2 aromatic carbocycles. The van der Waals surface area contributed by atoms with E-state index < -0.39 is 12.1 Å². The molecule has 1 aliphatic heterocycles. The van der Waals surface area contributed by atoms with Crippen LogP contribution in [-0.4, -0.2) is 37.0 Å². The summed E-state index contributed by atoms with van der Waals surface area (Å²) in [5, 5.41) is 11.2. The summed E-state index contributed by atoms with van der Waals surface area (Å²) in [4.78, 5) is 16.8. The highest BCUT2D eigenvalue weighted by atomic mass is 35.5. The minimum Gasteiger partial charge on any atom is -0.361 e. The molecule has 1 heterocycles. The maximum atomic E-state index is 12.5. The van der Waals surface area contributed by atoms with Gasteiger partial charge in [0.1, 0.15) is 5.69 Å². The van der Waals surface area contributed by atoms with E-state index in [-0.39, 0.29) is 4.48 Å². The summed E-state index contributed by atoms with van der Waals surface area (Å²) in [6, 6.07) is 12.4. The Labute approximate surface area is 144 Å². The van der Waals surface area contributed by atoms with E-state index in [1.54, 1.807) is 44.4 Å². The summed E-state index contributed by atoms with van der Waals surface area (Å²) in [7, 11) is 3.42. The lowest BCUT2D eigenvalue weighted by Gasteiger charge is -2.27. The molecule has 0 aliphatic carbocycles. The van der Waals surface area contributed by atoms with Crippen molar-refractivity contribution in [3.05, 3.63) is 63.6 Å². The lowest BCUT2D eigenvalue weighted by atomic mass is 9.99. The van der Waals surface area contributed by atoms with Crippen molar-refractivity contribution in [3.63, 3.8) is 0 Å². The van der Waals surface area contributed by atoms with Gasteiger partial charge in [-0.25, -0.2) is 14.3 Å². The van der Waals surface area contributed by atoms with E-state index in [0.29, 0.717) is 32.6 Å². The fraction of sp³-hybridized carbons (Fsp3) is 0.176. The van der Waals surface area contributed by atoms with Crippen molar-refractivity contribution in [2.75, 3.05) is 14.1 Å². The first-order valence-electron chi connectivity index (χ1n) is 7.02. The number of amides is 1. The number of carbonyl (C=O) groups is 1. The van der Waals surface area contributed by atoms with Crippen LogP contribution >= 0.6 is 23.2 Å². The molecule has 0 fully saturated rings. The number of halogens is 2. The van der Waals surface area contributed by atoms with E-state index in [4.69, 9.17) is 23.2 Å². The number of benzene rings is 2. The molecule has 118 valence electrons. The first-order valence-corrected chi connectivity index (χ1v) is 7.77. The molecule has 1 aliphatic rings. The third kappa shape index (κ3) is 2.68. The Hall–Kier alpha value is -1.72. The molecule has 0 aromatic heterocycles. The number of aliphatic hydroxyl groups is 1. The highest BCUT2D eigenvalue weighted by molar-refractivity contribution is 6.36. The van der Waals surface area contributed by atoms with E-state index in [1.807, 2.05) is 12.1 Å². The quantitative estimate of drug-likeness (QED) is 0.803. The zero-order valence-corrected chi connectivity index (χ0v) is 14.1. The summed E-state index contributed by atoms with van der Waals surface area (Å²) in [5.41, 5.74) is 2.49. The monoisotopic (exact) mass is 349 g/mol. The second kappa shape index (κ2) is 5.73. The number of hydrogen-bond acceptors (Lipinski definition) is 3. The van der Waals surface area contributed by atoms with Crippen molar-refractivity contribution in [2.45, 2.75) is 6.23 Å². The molecule has 0 saturated carbocycles. The number of aliphatic imine (C=N–C) groups is 1. The number of hydrogen-bond donors (Lipinski definition) is 1. The topological polar surface area (TPSA) is 49.7 Å². The average Bonchev–Trinajstić information content (AvgIpc) is 2.57. The molecule has 1 atom stereocenters. The Morgan fingerprint density at radius 2 is 1.78 bits per heavy atom. The molecule has 6 heteroatoms. The molecule has 0 radical (unpaired) electrons. The molecule has 23 heavy (non-hydrogen) atoms. The number of aliphatic hydroxyl groups excluding tert-OH is 1. The molecule has 1 amide bonds. The van der Waals surface area contributed by atoms with Gasteiger partial charge in [-0.3, -0.25) is 0 Å². The molecule has 1 N–H and O–H groups in total. The Balaban J connectivity index is 2.35. The van der Waals surface area contributed by atoms with Gasteiger partial charge >= 0.3 is 5.91 Å². The van der Waals surface area contributed by atoms with Gasteiger partial charge in [0, 0.05) is 21.7 Å². The Kier molecular flexibility index (Phi) is 4.02. The molecule has 0 bridgehead atoms. The van der Waals surface area contributed by atoms with Crippen LogP contribution in [0.15, 0.2) is 47.5 Å². The average molecular weight is 350 g/mol. The van der Waals surface area contributed by atoms with Crippen LogP contribution in [0.2, 0.25) is 10.0 Å².